The normalized spacial score (nSPS) is 18.1. The molecule has 1 aliphatic rings. The Balaban J connectivity index is 1.62. The topological polar surface area (TPSA) is 57.6 Å². The van der Waals surface area contributed by atoms with Crippen molar-refractivity contribution < 1.29 is 9.59 Å². The van der Waals surface area contributed by atoms with E-state index in [-0.39, 0.29) is 17.9 Å². The summed E-state index contributed by atoms with van der Waals surface area (Å²) in [6, 6.07) is 19.0. The van der Waals surface area contributed by atoms with Crippen LogP contribution in [0.15, 0.2) is 97.4 Å². The van der Waals surface area contributed by atoms with E-state index in [0.29, 0.717) is 5.56 Å². The zero-order chi connectivity index (χ0) is 28.1. The number of benzene rings is 2. The zero-order valence-corrected chi connectivity index (χ0v) is 23.5. The van der Waals surface area contributed by atoms with Crippen LogP contribution < -0.4 is 10.2 Å². The van der Waals surface area contributed by atoms with Crippen LogP contribution in [0.3, 0.4) is 0 Å². The predicted octanol–water partition coefficient (Wildman–Crippen LogP) is 6.07. The van der Waals surface area contributed by atoms with Gasteiger partial charge in [-0.2, -0.15) is 0 Å². The molecular formula is C33H38N4O2. The Bertz CT molecular complexity index is 1400. The van der Waals surface area contributed by atoms with Crippen LogP contribution in [0.4, 0.5) is 5.69 Å². The number of anilines is 1. The second-order valence-electron chi connectivity index (χ2n) is 9.89. The van der Waals surface area contributed by atoms with Gasteiger partial charge in [0.05, 0.1) is 12.0 Å². The van der Waals surface area contributed by atoms with E-state index in [0.717, 1.165) is 34.8 Å². The number of carbonyl (C=O) groups is 2. The number of rotatable bonds is 9. The Morgan fingerprint density at radius 2 is 1.82 bits per heavy atom. The summed E-state index contributed by atoms with van der Waals surface area (Å²) >= 11 is 0. The number of nitrogens with one attached hydrogen (secondary N) is 1. The lowest BCUT2D eigenvalue weighted by atomic mass is 9.80. The van der Waals surface area contributed by atoms with Crippen molar-refractivity contribution in [3.63, 3.8) is 0 Å². The molecule has 0 bridgehead atoms. The van der Waals surface area contributed by atoms with Crippen molar-refractivity contribution in [2.24, 2.45) is 7.05 Å². The van der Waals surface area contributed by atoms with Gasteiger partial charge in [-0.3, -0.25) is 9.59 Å². The highest BCUT2D eigenvalue weighted by molar-refractivity contribution is 6.01. The van der Waals surface area contributed by atoms with E-state index in [2.05, 4.69) is 48.0 Å². The van der Waals surface area contributed by atoms with E-state index in [9.17, 15) is 9.59 Å². The maximum atomic E-state index is 14.0. The summed E-state index contributed by atoms with van der Waals surface area (Å²) in [6.45, 7) is 10.8. The molecular weight excluding hydrogens is 484 g/mol. The average Bonchev–Trinajstić information content (AvgIpc) is 3.33. The van der Waals surface area contributed by atoms with Crippen molar-refractivity contribution in [2.75, 3.05) is 18.5 Å². The van der Waals surface area contributed by atoms with E-state index in [1.165, 1.54) is 0 Å². The third-order valence-corrected chi connectivity index (χ3v) is 7.39. The molecule has 2 aromatic carbocycles. The standard InChI is InChI=1S/C33H38N4O2/c1-7-25(37(9-3)27-15-11-10-12-16-27)20-19-23(4)34-32(38)30-28-17-13-14-18-29(28)33(39)36(6)31(30)24-21-26(8-2)35(5)22-24/h7-8,10-23,30-31H,2,9H2,1,3-6H3,(H,34,38)/b20-19-,25-7+. The third-order valence-electron chi connectivity index (χ3n) is 7.39. The molecule has 0 saturated carbocycles. The summed E-state index contributed by atoms with van der Waals surface area (Å²) in [5.74, 6) is -0.766. The number of para-hydroxylation sites is 1. The molecule has 1 aromatic heterocycles. The summed E-state index contributed by atoms with van der Waals surface area (Å²) < 4.78 is 1.96. The molecule has 202 valence electrons. The summed E-state index contributed by atoms with van der Waals surface area (Å²) in [6.07, 6.45) is 9.89. The highest BCUT2D eigenvalue weighted by atomic mass is 16.2. The lowest BCUT2D eigenvalue weighted by Crippen LogP contribution is -2.47. The fourth-order valence-corrected chi connectivity index (χ4v) is 5.42. The van der Waals surface area contributed by atoms with E-state index < -0.39 is 12.0 Å². The van der Waals surface area contributed by atoms with Gasteiger partial charge in [0, 0.05) is 55.5 Å². The predicted molar refractivity (Wildman–Crippen MR) is 159 cm³/mol. The molecule has 4 rings (SSSR count). The molecule has 0 radical (unpaired) electrons. The zero-order valence-electron chi connectivity index (χ0n) is 23.5. The molecule has 1 aliphatic heterocycles. The van der Waals surface area contributed by atoms with Gasteiger partial charge in [-0.05, 0) is 68.3 Å². The monoisotopic (exact) mass is 522 g/mol. The number of allylic oxidation sites excluding steroid dienone is 2. The number of carbonyl (C=O) groups excluding carboxylic acids is 2. The Kier molecular flexibility index (Phi) is 8.55. The van der Waals surface area contributed by atoms with Gasteiger partial charge < -0.3 is 19.7 Å². The quantitative estimate of drug-likeness (QED) is 0.347. The smallest absolute Gasteiger partial charge is 0.254 e. The van der Waals surface area contributed by atoms with Crippen LogP contribution in [0.25, 0.3) is 6.08 Å². The van der Waals surface area contributed by atoms with Crippen LogP contribution in [0, 0.1) is 0 Å². The molecule has 6 heteroatoms. The van der Waals surface area contributed by atoms with Crippen LogP contribution >= 0.6 is 0 Å². The highest BCUT2D eigenvalue weighted by Gasteiger charge is 2.43. The van der Waals surface area contributed by atoms with E-state index >= 15 is 0 Å². The minimum absolute atomic E-state index is 0.0881. The van der Waals surface area contributed by atoms with Crippen LogP contribution in [0.1, 0.15) is 59.9 Å². The van der Waals surface area contributed by atoms with E-state index in [4.69, 9.17) is 0 Å². The van der Waals surface area contributed by atoms with Gasteiger partial charge in [0.1, 0.15) is 0 Å². The first kappa shape index (κ1) is 27.7. The number of nitrogens with zero attached hydrogens (tertiary/aromatic N) is 3. The van der Waals surface area contributed by atoms with Crippen molar-refractivity contribution in [1.29, 1.82) is 0 Å². The Hall–Kier alpha value is -4.32. The molecule has 3 unspecified atom stereocenters. The average molecular weight is 523 g/mol. The number of aryl methyl sites for hydroxylation is 1. The summed E-state index contributed by atoms with van der Waals surface area (Å²) in [7, 11) is 3.71. The summed E-state index contributed by atoms with van der Waals surface area (Å²) in [5.41, 5.74) is 5.32. The maximum Gasteiger partial charge on any atom is 0.254 e. The van der Waals surface area contributed by atoms with Crippen LogP contribution in [0.2, 0.25) is 0 Å². The van der Waals surface area contributed by atoms with E-state index in [1.807, 2.05) is 80.2 Å². The number of aromatic nitrogens is 1. The maximum absolute atomic E-state index is 14.0. The molecule has 0 spiro atoms. The number of amides is 2. The second-order valence-corrected chi connectivity index (χ2v) is 9.89. The van der Waals surface area contributed by atoms with Crippen molar-refractivity contribution in [3.8, 4) is 0 Å². The molecule has 1 N–H and O–H groups in total. The molecule has 0 fully saturated rings. The molecule has 2 heterocycles. The lowest BCUT2D eigenvalue weighted by molar-refractivity contribution is -0.124. The first-order chi connectivity index (χ1) is 18.8. The van der Waals surface area contributed by atoms with Gasteiger partial charge in [-0.15, -0.1) is 0 Å². The van der Waals surface area contributed by atoms with Gasteiger partial charge in [0.25, 0.3) is 5.91 Å². The van der Waals surface area contributed by atoms with Gasteiger partial charge in [0.15, 0.2) is 0 Å². The molecule has 0 saturated heterocycles. The van der Waals surface area contributed by atoms with Crippen LogP contribution in [0.5, 0.6) is 0 Å². The number of likely N-dealkylation sites (N-methyl/N-ethyl adjacent to an activating group) is 2. The molecule has 3 aromatic rings. The molecule has 0 aliphatic carbocycles. The first-order valence-electron chi connectivity index (χ1n) is 13.4. The van der Waals surface area contributed by atoms with E-state index in [1.54, 1.807) is 24.1 Å². The van der Waals surface area contributed by atoms with Crippen molar-refractivity contribution in [3.05, 3.63) is 120 Å². The Morgan fingerprint density at radius 3 is 2.46 bits per heavy atom. The Morgan fingerprint density at radius 1 is 1.13 bits per heavy atom. The largest absolute Gasteiger partial charge is 0.351 e. The minimum Gasteiger partial charge on any atom is -0.351 e. The Labute approximate surface area is 231 Å². The molecule has 39 heavy (non-hydrogen) atoms. The van der Waals surface area contributed by atoms with Crippen molar-refractivity contribution in [2.45, 2.75) is 38.8 Å². The summed E-state index contributed by atoms with van der Waals surface area (Å²) in [4.78, 5) is 31.2. The number of hydrogen-bond acceptors (Lipinski definition) is 3. The fraction of sp³-hybridized carbons (Fsp3) is 0.273. The van der Waals surface area contributed by atoms with Gasteiger partial charge >= 0.3 is 0 Å². The first-order valence-corrected chi connectivity index (χ1v) is 13.4. The lowest BCUT2D eigenvalue weighted by Gasteiger charge is -2.39. The molecule has 6 nitrogen and oxygen atoms in total. The SMILES string of the molecule is C=Cc1cc(C2C(C(=O)NC(C)/C=C\C(=C/C)N(CC)c3ccccc3)c3ccccc3C(=O)N2C)cn1C. The van der Waals surface area contributed by atoms with Crippen LogP contribution in [-0.4, -0.2) is 40.9 Å². The van der Waals surface area contributed by atoms with Gasteiger partial charge in [0.2, 0.25) is 5.91 Å². The molecule has 2 amide bonds. The van der Waals surface area contributed by atoms with Crippen LogP contribution in [-0.2, 0) is 11.8 Å². The highest BCUT2D eigenvalue weighted by Crippen LogP contribution is 2.42. The number of hydrogen-bond donors (Lipinski definition) is 1. The molecule has 3 atom stereocenters. The summed E-state index contributed by atoms with van der Waals surface area (Å²) in [5, 5.41) is 3.20. The van der Waals surface area contributed by atoms with Crippen molar-refractivity contribution in [1.82, 2.24) is 14.8 Å². The number of fused-ring (bicyclic) bond motifs is 1. The fourth-order valence-electron chi connectivity index (χ4n) is 5.42. The third kappa shape index (κ3) is 5.60. The minimum atomic E-state index is -0.558. The second kappa shape index (κ2) is 12.0. The van der Waals surface area contributed by atoms with Gasteiger partial charge in [-0.1, -0.05) is 55.1 Å². The van der Waals surface area contributed by atoms with Gasteiger partial charge in [-0.25, -0.2) is 0 Å². The van der Waals surface area contributed by atoms with Crippen molar-refractivity contribution >= 4 is 23.6 Å².